The molecular formula is C6H9O4. The van der Waals surface area contributed by atoms with Crippen molar-refractivity contribution in [1.82, 2.24) is 0 Å². The quantitative estimate of drug-likeness (QED) is 0.428. The summed E-state index contributed by atoms with van der Waals surface area (Å²) in [7, 11) is 0. The monoisotopic (exact) mass is 145 g/mol. The smallest absolute Gasteiger partial charge is 0.434 e. The van der Waals surface area contributed by atoms with Crippen molar-refractivity contribution >= 4 is 12.1 Å². The Morgan fingerprint density at radius 1 is 1.50 bits per heavy atom. The predicted octanol–water partition coefficient (Wildman–Crippen LogP) is 0.910. The molecule has 0 amide bonds. The summed E-state index contributed by atoms with van der Waals surface area (Å²) in [6.07, 6.45) is -0.825. The summed E-state index contributed by atoms with van der Waals surface area (Å²) in [5.74, 6) is -0.599. The van der Waals surface area contributed by atoms with Crippen LogP contribution in [0.15, 0.2) is 0 Å². The van der Waals surface area contributed by atoms with E-state index in [-0.39, 0.29) is 13.0 Å². The molecule has 0 aliphatic rings. The van der Waals surface area contributed by atoms with Gasteiger partial charge in [-0.15, -0.1) is 0 Å². The molecule has 0 unspecified atom stereocenters. The van der Waals surface area contributed by atoms with Crippen LogP contribution < -0.4 is 0 Å². The third-order valence-electron chi connectivity index (χ3n) is 0.706. The van der Waals surface area contributed by atoms with E-state index in [1.807, 2.05) is 0 Å². The molecule has 0 heterocycles. The van der Waals surface area contributed by atoms with Gasteiger partial charge in [0.05, 0.1) is 6.61 Å². The number of ether oxygens (including phenoxy) is 2. The highest BCUT2D eigenvalue weighted by molar-refractivity contribution is 5.81. The molecule has 0 spiro atoms. The minimum atomic E-state index is -0.984. The van der Waals surface area contributed by atoms with Gasteiger partial charge in [-0.25, -0.2) is 4.79 Å². The normalized spacial score (nSPS) is 8.60. The second-order valence-electron chi connectivity index (χ2n) is 1.43. The lowest BCUT2D eigenvalue weighted by Gasteiger charge is -1.98. The number of carbonyl (C=O) groups excluding carboxylic acids is 2. The molecule has 0 aromatic rings. The van der Waals surface area contributed by atoms with Crippen LogP contribution in [0.3, 0.4) is 0 Å². The number of carbonyl (C=O) groups is 2. The number of esters is 1. The molecule has 0 saturated carbocycles. The van der Waals surface area contributed by atoms with Crippen LogP contribution >= 0.6 is 0 Å². The molecule has 0 aromatic carbocycles. The van der Waals surface area contributed by atoms with E-state index in [0.717, 1.165) is 0 Å². The first-order valence-electron chi connectivity index (χ1n) is 2.87. The van der Waals surface area contributed by atoms with Gasteiger partial charge in [-0.3, -0.25) is 4.79 Å². The Bertz CT molecular complexity index is 130. The van der Waals surface area contributed by atoms with Crippen molar-refractivity contribution in [1.29, 1.82) is 0 Å². The van der Waals surface area contributed by atoms with Crippen molar-refractivity contribution in [3.05, 3.63) is 6.92 Å². The lowest BCUT2D eigenvalue weighted by molar-refractivity contribution is -0.139. The van der Waals surface area contributed by atoms with E-state index < -0.39 is 12.1 Å². The van der Waals surface area contributed by atoms with Crippen LogP contribution in [-0.2, 0) is 14.3 Å². The standard InChI is InChI=1S/C6H9O4/c1-3-5(7)10-6(8)9-4-2/h2-4H2,1H3. The van der Waals surface area contributed by atoms with Crippen LogP contribution in [-0.4, -0.2) is 18.7 Å². The van der Waals surface area contributed by atoms with Gasteiger partial charge in [-0.05, 0) is 6.92 Å². The fraction of sp³-hybridized carbons (Fsp3) is 0.500. The maximum atomic E-state index is 10.4. The summed E-state index contributed by atoms with van der Waals surface area (Å²) in [6.45, 7) is 4.78. The fourth-order valence-corrected chi connectivity index (χ4v) is 0.278. The maximum Gasteiger partial charge on any atom is 0.516 e. The van der Waals surface area contributed by atoms with Crippen molar-refractivity contribution in [2.75, 3.05) is 6.61 Å². The topological polar surface area (TPSA) is 52.6 Å². The molecule has 4 heteroatoms. The number of rotatable bonds is 2. The van der Waals surface area contributed by atoms with Crippen molar-refractivity contribution in [3.63, 3.8) is 0 Å². The summed E-state index contributed by atoms with van der Waals surface area (Å²) in [5.41, 5.74) is 0. The molecule has 0 aliphatic carbocycles. The van der Waals surface area contributed by atoms with Crippen molar-refractivity contribution in [3.8, 4) is 0 Å². The van der Waals surface area contributed by atoms with E-state index in [1.165, 1.54) is 0 Å². The minimum absolute atomic E-state index is 0.0319. The van der Waals surface area contributed by atoms with Crippen molar-refractivity contribution < 1.29 is 19.1 Å². The second kappa shape index (κ2) is 4.78. The van der Waals surface area contributed by atoms with Gasteiger partial charge in [0.25, 0.3) is 0 Å². The van der Waals surface area contributed by atoms with E-state index in [2.05, 4.69) is 16.4 Å². The molecule has 4 nitrogen and oxygen atoms in total. The van der Waals surface area contributed by atoms with E-state index in [9.17, 15) is 9.59 Å². The second-order valence-corrected chi connectivity index (χ2v) is 1.43. The zero-order chi connectivity index (χ0) is 7.98. The molecule has 0 atom stereocenters. The highest BCUT2D eigenvalue weighted by atomic mass is 16.7. The zero-order valence-corrected chi connectivity index (χ0v) is 5.75. The third kappa shape index (κ3) is 3.88. The van der Waals surface area contributed by atoms with Gasteiger partial charge in [0.15, 0.2) is 0 Å². The highest BCUT2D eigenvalue weighted by Crippen LogP contribution is 1.88. The van der Waals surface area contributed by atoms with E-state index in [4.69, 9.17) is 0 Å². The molecule has 0 saturated heterocycles. The summed E-state index contributed by atoms with van der Waals surface area (Å²) in [5, 5.41) is 0. The molecule has 57 valence electrons. The Hall–Kier alpha value is -1.06. The molecule has 0 bridgehead atoms. The largest absolute Gasteiger partial charge is 0.516 e. The summed E-state index contributed by atoms with van der Waals surface area (Å²) >= 11 is 0. The first-order valence-corrected chi connectivity index (χ1v) is 2.87. The van der Waals surface area contributed by atoms with Gasteiger partial charge in [0, 0.05) is 6.42 Å². The first kappa shape index (κ1) is 8.94. The Kier molecular flexibility index (Phi) is 4.28. The van der Waals surface area contributed by atoms with Crippen LogP contribution in [0.4, 0.5) is 4.79 Å². The average molecular weight is 145 g/mol. The molecule has 0 aromatic heterocycles. The Balaban J connectivity index is 3.47. The highest BCUT2D eigenvalue weighted by Gasteiger charge is 2.07. The lowest BCUT2D eigenvalue weighted by atomic mass is 10.5. The van der Waals surface area contributed by atoms with Crippen LogP contribution in [0.25, 0.3) is 0 Å². The Labute approximate surface area is 59.1 Å². The molecule has 0 N–H and O–H groups in total. The van der Waals surface area contributed by atoms with E-state index in [0.29, 0.717) is 0 Å². The summed E-state index contributed by atoms with van der Waals surface area (Å²) in [6, 6.07) is 0. The van der Waals surface area contributed by atoms with Gasteiger partial charge in [0.2, 0.25) is 0 Å². The van der Waals surface area contributed by atoms with Gasteiger partial charge < -0.3 is 9.47 Å². The van der Waals surface area contributed by atoms with Crippen LogP contribution in [0, 0.1) is 6.92 Å². The third-order valence-corrected chi connectivity index (χ3v) is 0.706. The molecular weight excluding hydrogens is 136 g/mol. The number of hydrogen-bond donors (Lipinski definition) is 0. The Morgan fingerprint density at radius 3 is 2.50 bits per heavy atom. The predicted molar refractivity (Wildman–Crippen MR) is 33.1 cm³/mol. The van der Waals surface area contributed by atoms with Gasteiger partial charge in [-0.1, -0.05) is 6.92 Å². The minimum Gasteiger partial charge on any atom is -0.434 e. The lowest BCUT2D eigenvalue weighted by Crippen LogP contribution is -2.12. The van der Waals surface area contributed by atoms with E-state index in [1.54, 1.807) is 6.92 Å². The molecule has 0 aliphatic heterocycles. The molecule has 0 fully saturated rings. The Morgan fingerprint density at radius 2 is 2.10 bits per heavy atom. The van der Waals surface area contributed by atoms with E-state index >= 15 is 0 Å². The average Bonchev–Trinajstić information content (AvgIpc) is 1.88. The van der Waals surface area contributed by atoms with Crippen LogP contribution in [0.1, 0.15) is 13.3 Å². The van der Waals surface area contributed by atoms with Gasteiger partial charge in [0.1, 0.15) is 0 Å². The SMILES string of the molecule is [CH2]COC(=O)OC(=O)CC. The zero-order valence-electron chi connectivity index (χ0n) is 5.75. The maximum absolute atomic E-state index is 10.4. The van der Waals surface area contributed by atoms with Crippen molar-refractivity contribution in [2.45, 2.75) is 13.3 Å². The molecule has 0 rings (SSSR count). The van der Waals surface area contributed by atoms with Gasteiger partial charge >= 0.3 is 12.1 Å². The van der Waals surface area contributed by atoms with Crippen LogP contribution in [0.5, 0.6) is 0 Å². The summed E-state index contributed by atoms with van der Waals surface area (Å²) < 4.78 is 8.32. The number of hydrogen-bond acceptors (Lipinski definition) is 4. The summed E-state index contributed by atoms with van der Waals surface area (Å²) in [4.78, 5) is 20.7. The fourth-order valence-electron chi connectivity index (χ4n) is 0.278. The molecule has 10 heavy (non-hydrogen) atoms. The molecule has 1 radical (unpaired) electrons. The first-order chi connectivity index (χ1) is 4.70. The van der Waals surface area contributed by atoms with Gasteiger partial charge in [-0.2, -0.15) is 0 Å². The van der Waals surface area contributed by atoms with Crippen molar-refractivity contribution in [2.24, 2.45) is 0 Å². The van der Waals surface area contributed by atoms with Crippen LogP contribution in [0.2, 0.25) is 0 Å².